The molecule has 0 aliphatic heterocycles. The minimum absolute atomic E-state index is 0.523. The lowest BCUT2D eigenvalue weighted by Gasteiger charge is -2.01. The van der Waals surface area contributed by atoms with Crippen LogP contribution >= 0.6 is 0 Å². The van der Waals surface area contributed by atoms with Gasteiger partial charge in [-0.05, 0) is 20.8 Å². The number of nitrogens with two attached hydrogens (primary N) is 1. The first-order valence-corrected chi connectivity index (χ1v) is 5.27. The Bertz CT molecular complexity index is 498. The van der Waals surface area contributed by atoms with Crippen LogP contribution in [0, 0.1) is 20.8 Å². The minimum Gasteiger partial charge on any atom is -0.361 e. The third kappa shape index (κ3) is 1.86. The van der Waals surface area contributed by atoms with Crippen LogP contribution < -0.4 is 5.73 Å². The van der Waals surface area contributed by atoms with Gasteiger partial charge in [-0.2, -0.15) is 5.10 Å². The monoisotopic (exact) mass is 220 g/mol. The second-order valence-electron chi connectivity index (χ2n) is 3.94. The Labute approximate surface area is 94.2 Å². The molecular formula is C11H16N4O. The zero-order chi connectivity index (χ0) is 11.7. The quantitative estimate of drug-likeness (QED) is 0.846. The van der Waals surface area contributed by atoms with Gasteiger partial charge in [0.25, 0.3) is 0 Å². The van der Waals surface area contributed by atoms with Gasteiger partial charge in [0.2, 0.25) is 0 Å². The summed E-state index contributed by atoms with van der Waals surface area (Å²) in [6.07, 6.45) is 0. The molecule has 0 saturated heterocycles. The molecule has 2 N–H and O–H groups in total. The predicted molar refractivity (Wildman–Crippen MR) is 59.9 cm³/mol. The zero-order valence-electron chi connectivity index (χ0n) is 9.82. The van der Waals surface area contributed by atoms with Crippen molar-refractivity contribution in [1.82, 2.24) is 14.9 Å². The number of hydrogen-bond acceptors (Lipinski definition) is 4. The molecule has 0 aliphatic rings. The van der Waals surface area contributed by atoms with E-state index < -0.39 is 0 Å². The molecule has 0 bridgehead atoms. The van der Waals surface area contributed by atoms with E-state index in [9.17, 15) is 0 Å². The lowest BCUT2D eigenvalue weighted by Crippen LogP contribution is -2.05. The molecule has 2 aromatic rings. The van der Waals surface area contributed by atoms with Crippen LogP contribution in [0.1, 0.15) is 28.4 Å². The van der Waals surface area contributed by atoms with Crippen LogP contribution in [0.2, 0.25) is 0 Å². The Morgan fingerprint density at radius 1 is 1.38 bits per heavy atom. The van der Waals surface area contributed by atoms with Crippen molar-refractivity contribution in [3.05, 3.63) is 34.5 Å². The summed E-state index contributed by atoms with van der Waals surface area (Å²) >= 11 is 0. The second-order valence-corrected chi connectivity index (χ2v) is 3.94. The van der Waals surface area contributed by atoms with Gasteiger partial charge in [0, 0.05) is 23.9 Å². The largest absolute Gasteiger partial charge is 0.361 e. The minimum atomic E-state index is 0.523. The maximum atomic E-state index is 5.67. The lowest BCUT2D eigenvalue weighted by molar-refractivity contribution is 0.387. The molecule has 2 rings (SSSR count). The topological polar surface area (TPSA) is 69.9 Å². The van der Waals surface area contributed by atoms with E-state index >= 15 is 0 Å². The Hall–Kier alpha value is -1.62. The van der Waals surface area contributed by atoms with Gasteiger partial charge in [-0.15, -0.1) is 0 Å². The molecule has 0 aromatic carbocycles. The van der Waals surface area contributed by atoms with Crippen molar-refractivity contribution in [2.75, 3.05) is 0 Å². The zero-order valence-corrected chi connectivity index (χ0v) is 9.82. The number of hydrogen-bond donors (Lipinski definition) is 1. The van der Waals surface area contributed by atoms with Crippen LogP contribution in [0.4, 0.5) is 0 Å². The average Bonchev–Trinajstić information content (AvgIpc) is 2.74. The first-order chi connectivity index (χ1) is 7.61. The van der Waals surface area contributed by atoms with Crippen molar-refractivity contribution < 1.29 is 4.52 Å². The Morgan fingerprint density at radius 3 is 2.62 bits per heavy atom. The number of aryl methyl sites for hydroxylation is 2. The number of aromatic nitrogens is 3. The molecule has 0 amide bonds. The summed E-state index contributed by atoms with van der Waals surface area (Å²) < 4.78 is 6.94. The van der Waals surface area contributed by atoms with E-state index in [0.29, 0.717) is 13.1 Å². The molecule has 0 radical (unpaired) electrons. The maximum Gasteiger partial charge on any atom is 0.133 e. The SMILES string of the molecule is Cc1cc(Cn2nc(C)c(CN)c2C)no1. The van der Waals surface area contributed by atoms with Crippen molar-refractivity contribution in [2.45, 2.75) is 33.9 Å². The van der Waals surface area contributed by atoms with Crippen LogP contribution in [0.3, 0.4) is 0 Å². The van der Waals surface area contributed by atoms with Crippen molar-refractivity contribution in [3.63, 3.8) is 0 Å². The summed E-state index contributed by atoms with van der Waals surface area (Å²) in [4.78, 5) is 0. The van der Waals surface area contributed by atoms with Crippen LogP contribution in [-0.2, 0) is 13.1 Å². The molecule has 5 nitrogen and oxygen atoms in total. The van der Waals surface area contributed by atoms with E-state index in [-0.39, 0.29) is 0 Å². The van der Waals surface area contributed by atoms with Crippen LogP contribution in [-0.4, -0.2) is 14.9 Å². The lowest BCUT2D eigenvalue weighted by atomic mass is 10.2. The van der Waals surface area contributed by atoms with E-state index in [1.54, 1.807) is 0 Å². The molecule has 0 spiro atoms. The fourth-order valence-corrected chi connectivity index (χ4v) is 1.83. The Morgan fingerprint density at radius 2 is 2.12 bits per heavy atom. The third-order valence-electron chi connectivity index (χ3n) is 2.72. The van der Waals surface area contributed by atoms with Gasteiger partial charge in [0.1, 0.15) is 11.5 Å². The molecule has 5 heteroatoms. The first-order valence-electron chi connectivity index (χ1n) is 5.27. The highest BCUT2D eigenvalue weighted by molar-refractivity contribution is 5.24. The summed E-state index contributed by atoms with van der Waals surface area (Å²) in [5.74, 6) is 0.815. The van der Waals surface area contributed by atoms with E-state index in [1.165, 1.54) is 0 Å². The standard InChI is InChI=1S/C11H16N4O/c1-7-4-10(14-16-7)6-15-9(3)11(5-12)8(2)13-15/h4H,5-6,12H2,1-3H3. The highest BCUT2D eigenvalue weighted by Gasteiger charge is 2.11. The van der Waals surface area contributed by atoms with Crippen molar-refractivity contribution in [1.29, 1.82) is 0 Å². The Kier molecular flexibility index (Phi) is 2.78. The first kappa shape index (κ1) is 10.9. The smallest absolute Gasteiger partial charge is 0.133 e. The molecule has 0 unspecified atom stereocenters. The van der Waals surface area contributed by atoms with Crippen LogP contribution in [0.25, 0.3) is 0 Å². The van der Waals surface area contributed by atoms with Crippen molar-refractivity contribution in [3.8, 4) is 0 Å². The van der Waals surface area contributed by atoms with Gasteiger partial charge in [0.05, 0.1) is 12.2 Å². The maximum absolute atomic E-state index is 5.67. The average molecular weight is 220 g/mol. The highest BCUT2D eigenvalue weighted by Crippen LogP contribution is 2.13. The summed E-state index contributed by atoms with van der Waals surface area (Å²) in [6, 6.07) is 1.92. The van der Waals surface area contributed by atoms with E-state index in [2.05, 4.69) is 10.3 Å². The molecule has 0 saturated carbocycles. The van der Waals surface area contributed by atoms with Gasteiger partial charge in [-0.1, -0.05) is 5.16 Å². The van der Waals surface area contributed by atoms with E-state index in [4.69, 9.17) is 10.3 Å². The molecule has 2 aromatic heterocycles. The summed E-state index contributed by atoms with van der Waals surface area (Å²) in [6.45, 7) is 7.03. The van der Waals surface area contributed by atoms with Gasteiger partial charge < -0.3 is 10.3 Å². The van der Waals surface area contributed by atoms with Crippen LogP contribution in [0.5, 0.6) is 0 Å². The Balaban J connectivity index is 2.28. The molecule has 2 heterocycles. The molecule has 16 heavy (non-hydrogen) atoms. The number of nitrogens with zero attached hydrogens (tertiary/aromatic N) is 3. The fourth-order valence-electron chi connectivity index (χ4n) is 1.83. The predicted octanol–water partition coefficient (Wildman–Crippen LogP) is 1.30. The molecule has 0 aliphatic carbocycles. The normalized spacial score (nSPS) is 11.0. The van der Waals surface area contributed by atoms with Crippen molar-refractivity contribution in [2.24, 2.45) is 5.73 Å². The van der Waals surface area contributed by atoms with E-state index in [1.807, 2.05) is 31.5 Å². The number of rotatable bonds is 3. The van der Waals surface area contributed by atoms with Crippen molar-refractivity contribution >= 4 is 0 Å². The highest BCUT2D eigenvalue weighted by atomic mass is 16.5. The molecule has 0 atom stereocenters. The molecule has 0 fully saturated rings. The van der Waals surface area contributed by atoms with Gasteiger partial charge >= 0.3 is 0 Å². The third-order valence-corrected chi connectivity index (χ3v) is 2.72. The fraction of sp³-hybridized carbons (Fsp3) is 0.455. The molecular weight excluding hydrogens is 204 g/mol. The summed E-state index contributed by atoms with van der Waals surface area (Å²) in [7, 11) is 0. The summed E-state index contributed by atoms with van der Waals surface area (Å²) in [5.41, 5.74) is 9.75. The van der Waals surface area contributed by atoms with E-state index in [0.717, 1.165) is 28.4 Å². The van der Waals surface area contributed by atoms with Crippen LogP contribution in [0.15, 0.2) is 10.6 Å². The second kappa shape index (κ2) is 4.09. The molecule has 86 valence electrons. The van der Waals surface area contributed by atoms with Gasteiger partial charge in [-0.25, -0.2) is 0 Å². The van der Waals surface area contributed by atoms with Gasteiger partial charge in [-0.3, -0.25) is 4.68 Å². The van der Waals surface area contributed by atoms with Gasteiger partial charge in [0.15, 0.2) is 0 Å². The summed E-state index contributed by atoms with van der Waals surface area (Å²) in [5, 5.41) is 8.39.